The Hall–Kier alpha value is 0.280. The normalized spacial score (nSPS) is 28.0. The van der Waals surface area contributed by atoms with Gasteiger partial charge in [-0.1, -0.05) is 11.6 Å². The summed E-state index contributed by atoms with van der Waals surface area (Å²) in [7, 11) is 0. The number of hydrogen-bond donors (Lipinski definition) is 1. The van der Waals surface area contributed by atoms with Crippen molar-refractivity contribution in [2.24, 2.45) is 5.92 Å². The smallest absolute Gasteiger partial charge is 0.0168 e. The minimum absolute atomic E-state index is 0. The average molecular weight is 182 g/mol. The lowest BCUT2D eigenvalue weighted by molar-refractivity contribution is 0.632. The molecule has 1 nitrogen and oxygen atoms in total. The molecule has 1 aliphatic heterocycles. The summed E-state index contributed by atoms with van der Waals surface area (Å²) in [5, 5.41) is 3.36. The van der Waals surface area contributed by atoms with Crippen molar-refractivity contribution in [1.82, 2.24) is 5.32 Å². The van der Waals surface area contributed by atoms with Crippen LogP contribution in [-0.2, 0) is 0 Å². The van der Waals surface area contributed by atoms with Gasteiger partial charge in [0.05, 0.1) is 0 Å². The summed E-state index contributed by atoms with van der Waals surface area (Å²) in [6, 6.07) is 0. The Morgan fingerprint density at radius 1 is 1.40 bits per heavy atom. The fraction of sp³-hybridized carbons (Fsp3) is 0.714. The molecule has 60 valence electrons. The van der Waals surface area contributed by atoms with E-state index in [0.717, 1.165) is 5.92 Å². The first-order valence-corrected chi connectivity index (χ1v) is 3.36. The van der Waals surface area contributed by atoms with Gasteiger partial charge in [0.1, 0.15) is 0 Å². The molecular weight excluding hydrogens is 169 g/mol. The van der Waals surface area contributed by atoms with E-state index in [1.54, 1.807) is 5.57 Å². The van der Waals surface area contributed by atoms with E-state index in [4.69, 9.17) is 0 Å². The first-order valence-electron chi connectivity index (χ1n) is 3.36. The lowest BCUT2D eigenvalue weighted by Crippen LogP contribution is -2.08. The molecule has 0 radical (unpaired) electrons. The molecule has 0 aromatic rings. The van der Waals surface area contributed by atoms with Crippen molar-refractivity contribution < 1.29 is 0 Å². The molecule has 1 atom stereocenters. The second kappa shape index (κ2) is 4.22. The molecule has 0 aromatic carbocycles. The molecule has 0 saturated carbocycles. The van der Waals surface area contributed by atoms with Gasteiger partial charge in [-0.15, -0.1) is 24.8 Å². The second-order valence-corrected chi connectivity index (χ2v) is 2.68. The maximum atomic E-state index is 3.36. The molecule has 1 fully saturated rings. The van der Waals surface area contributed by atoms with Crippen molar-refractivity contribution in [2.45, 2.75) is 12.8 Å². The SMILES string of the molecule is C1=C2CNCC2CC1.Cl.Cl. The zero-order chi connectivity index (χ0) is 5.40. The minimum atomic E-state index is 0. The van der Waals surface area contributed by atoms with Crippen LogP contribution < -0.4 is 5.32 Å². The third-order valence-electron chi connectivity index (χ3n) is 2.17. The molecule has 0 spiro atoms. The fourth-order valence-corrected chi connectivity index (χ4v) is 1.66. The van der Waals surface area contributed by atoms with Gasteiger partial charge in [0.2, 0.25) is 0 Å². The van der Waals surface area contributed by atoms with Gasteiger partial charge in [-0.2, -0.15) is 0 Å². The predicted octanol–water partition coefficient (Wildman–Crippen LogP) is 1.77. The van der Waals surface area contributed by atoms with Crippen LogP contribution in [0.5, 0.6) is 0 Å². The van der Waals surface area contributed by atoms with Crippen molar-refractivity contribution in [3.8, 4) is 0 Å². The lowest BCUT2D eigenvalue weighted by atomic mass is 10.1. The molecule has 1 N–H and O–H groups in total. The molecule has 0 aromatic heterocycles. The van der Waals surface area contributed by atoms with Gasteiger partial charge >= 0.3 is 0 Å². The molecule has 1 aliphatic carbocycles. The Balaban J connectivity index is 0.000000405. The quantitative estimate of drug-likeness (QED) is 0.563. The predicted molar refractivity (Wildman–Crippen MR) is 48.2 cm³/mol. The number of rotatable bonds is 0. The highest BCUT2D eigenvalue weighted by Crippen LogP contribution is 2.27. The summed E-state index contributed by atoms with van der Waals surface area (Å²) in [6.07, 6.45) is 5.13. The topological polar surface area (TPSA) is 12.0 Å². The van der Waals surface area contributed by atoms with Crippen LogP contribution in [0, 0.1) is 5.92 Å². The first-order chi connectivity index (χ1) is 3.97. The van der Waals surface area contributed by atoms with E-state index in [2.05, 4.69) is 11.4 Å². The van der Waals surface area contributed by atoms with Crippen LogP contribution >= 0.6 is 24.8 Å². The van der Waals surface area contributed by atoms with Crippen molar-refractivity contribution in [3.63, 3.8) is 0 Å². The third-order valence-corrected chi connectivity index (χ3v) is 2.17. The first kappa shape index (κ1) is 10.3. The van der Waals surface area contributed by atoms with Crippen molar-refractivity contribution in [3.05, 3.63) is 11.6 Å². The maximum absolute atomic E-state index is 3.36. The largest absolute Gasteiger partial charge is 0.312 e. The molecule has 3 heteroatoms. The molecular formula is C7H13Cl2N. The van der Waals surface area contributed by atoms with Crippen LogP contribution in [0.25, 0.3) is 0 Å². The molecule has 10 heavy (non-hydrogen) atoms. The Kier molecular flexibility index (Phi) is 4.34. The molecule has 2 aliphatic rings. The van der Waals surface area contributed by atoms with Gasteiger partial charge in [0.15, 0.2) is 0 Å². The average Bonchev–Trinajstić information content (AvgIpc) is 2.15. The lowest BCUT2D eigenvalue weighted by Gasteiger charge is -1.97. The maximum Gasteiger partial charge on any atom is 0.0168 e. The minimum Gasteiger partial charge on any atom is -0.312 e. The monoisotopic (exact) mass is 181 g/mol. The van der Waals surface area contributed by atoms with Gasteiger partial charge in [0, 0.05) is 13.1 Å². The number of fused-ring (bicyclic) bond motifs is 1. The summed E-state index contributed by atoms with van der Waals surface area (Å²) in [5.41, 5.74) is 1.67. The Labute approximate surface area is 74.1 Å². The van der Waals surface area contributed by atoms with Crippen molar-refractivity contribution in [2.75, 3.05) is 13.1 Å². The van der Waals surface area contributed by atoms with E-state index in [-0.39, 0.29) is 24.8 Å². The summed E-state index contributed by atoms with van der Waals surface area (Å²) in [4.78, 5) is 0. The Bertz CT molecular complexity index is 134. The summed E-state index contributed by atoms with van der Waals surface area (Å²) in [6.45, 7) is 2.41. The molecule has 1 heterocycles. The van der Waals surface area contributed by atoms with Gasteiger partial charge < -0.3 is 5.32 Å². The van der Waals surface area contributed by atoms with Crippen LogP contribution in [0.15, 0.2) is 11.6 Å². The van der Waals surface area contributed by atoms with E-state index in [1.165, 1.54) is 25.9 Å². The van der Waals surface area contributed by atoms with Crippen LogP contribution in [0.3, 0.4) is 0 Å². The number of allylic oxidation sites excluding steroid dienone is 1. The van der Waals surface area contributed by atoms with Gasteiger partial charge in [0.25, 0.3) is 0 Å². The van der Waals surface area contributed by atoms with Gasteiger partial charge in [-0.25, -0.2) is 0 Å². The molecule has 0 amide bonds. The number of nitrogens with one attached hydrogen (secondary N) is 1. The highest BCUT2D eigenvalue weighted by molar-refractivity contribution is 5.85. The zero-order valence-corrected chi connectivity index (χ0v) is 7.43. The summed E-state index contributed by atoms with van der Waals surface area (Å²) in [5.74, 6) is 0.926. The fourth-order valence-electron chi connectivity index (χ4n) is 1.66. The van der Waals surface area contributed by atoms with Crippen LogP contribution in [0.1, 0.15) is 12.8 Å². The molecule has 0 bridgehead atoms. The van der Waals surface area contributed by atoms with Gasteiger partial charge in [-0.05, 0) is 18.8 Å². The standard InChI is InChI=1S/C7H11N.2ClH/c1-2-6-4-8-5-7(6)3-1;;/h2,7-8H,1,3-5H2;2*1H. The van der Waals surface area contributed by atoms with Crippen LogP contribution in [0.2, 0.25) is 0 Å². The highest BCUT2D eigenvalue weighted by Gasteiger charge is 2.22. The summed E-state index contributed by atoms with van der Waals surface area (Å²) < 4.78 is 0. The van der Waals surface area contributed by atoms with Crippen molar-refractivity contribution in [1.29, 1.82) is 0 Å². The van der Waals surface area contributed by atoms with Crippen LogP contribution in [-0.4, -0.2) is 13.1 Å². The molecule has 2 rings (SSSR count). The zero-order valence-electron chi connectivity index (χ0n) is 5.80. The highest BCUT2D eigenvalue weighted by atomic mass is 35.5. The Morgan fingerprint density at radius 2 is 2.20 bits per heavy atom. The molecule has 1 unspecified atom stereocenters. The van der Waals surface area contributed by atoms with Crippen LogP contribution in [0.4, 0.5) is 0 Å². The van der Waals surface area contributed by atoms with E-state index < -0.39 is 0 Å². The second-order valence-electron chi connectivity index (χ2n) is 2.68. The number of halogens is 2. The third kappa shape index (κ3) is 1.66. The van der Waals surface area contributed by atoms with E-state index >= 15 is 0 Å². The van der Waals surface area contributed by atoms with E-state index in [0.29, 0.717) is 0 Å². The van der Waals surface area contributed by atoms with E-state index in [1.807, 2.05) is 0 Å². The van der Waals surface area contributed by atoms with E-state index in [9.17, 15) is 0 Å². The summed E-state index contributed by atoms with van der Waals surface area (Å²) >= 11 is 0. The number of hydrogen-bond acceptors (Lipinski definition) is 1. The van der Waals surface area contributed by atoms with Crippen molar-refractivity contribution >= 4 is 24.8 Å². The Morgan fingerprint density at radius 3 is 2.90 bits per heavy atom. The molecule has 1 saturated heterocycles. The van der Waals surface area contributed by atoms with Gasteiger partial charge in [-0.3, -0.25) is 0 Å².